The molecule has 0 aliphatic rings. The SMILES string of the molecule is CCNc1nc(OCC)nc(-c2ncccc2OC)n1. The molecule has 2 rings (SSSR count). The molecule has 1 N–H and O–H groups in total. The van der Waals surface area contributed by atoms with Crippen molar-refractivity contribution in [2.45, 2.75) is 13.8 Å². The molecule has 0 aromatic carbocycles. The van der Waals surface area contributed by atoms with Gasteiger partial charge in [-0.3, -0.25) is 0 Å². The third kappa shape index (κ3) is 3.11. The van der Waals surface area contributed by atoms with Crippen molar-refractivity contribution in [2.75, 3.05) is 25.6 Å². The summed E-state index contributed by atoms with van der Waals surface area (Å²) in [4.78, 5) is 17.0. The van der Waals surface area contributed by atoms with E-state index >= 15 is 0 Å². The van der Waals surface area contributed by atoms with Crippen LogP contribution in [-0.2, 0) is 0 Å². The van der Waals surface area contributed by atoms with Crippen molar-refractivity contribution in [1.29, 1.82) is 0 Å². The van der Waals surface area contributed by atoms with Gasteiger partial charge in [0.2, 0.25) is 5.95 Å². The molecule has 106 valence electrons. The molecule has 0 aliphatic heterocycles. The van der Waals surface area contributed by atoms with Crippen LogP contribution in [0, 0.1) is 0 Å². The highest BCUT2D eigenvalue weighted by molar-refractivity contribution is 5.59. The second kappa shape index (κ2) is 6.65. The van der Waals surface area contributed by atoms with Gasteiger partial charge in [0, 0.05) is 12.7 Å². The van der Waals surface area contributed by atoms with Crippen molar-refractivity contribution in [1.82, 2.24) is 19.9 Å². The topological polar surface area (TPSA) is 82.1 Å². The van der Waals surface area contributed by atoms with Crippen molar-refractivity contribution in [3.8, 4) is 23.3 Å². The lowest BCUT2D eigenvalue weighted by Gasteiger charge is -2.09. The maximum absolute atomic E-state index is 5.36. The lowest BCUT2D eigenvalue weighted by molar-refractivity contribution is 0.312. The van der Waals surface area contributed by atoms with E-state index in [1.807, 2.05) is 13.8 Å². The van der Waals surface area contributed by atoms with Crippen molar-refractivity contribution < 1.29 is 9.47 Å². The average molecular weight is 275 g/mol. The summed E-state index contributed by atoms with van der Waals surface area (Å²) in [5, 5.41) is 3.04. The second-order valence-corrected chi connectivity index (χ2v) is 3.78. The Morgan fingerprint density at radius 1 is 1.20 bits per heavy atom. The quantitative estimate of drug-likeness (QED) is 0.860. The maximum atomic E-state index is 5.36. The zero-order valence-electron chi connectivity index (χ0n) is 11.8. The van der Waals surface area contributed by atoms with Crippen LogP contribution in [0.25, 0.3) is 11.5 Å². The first kappa shape index (κ1) is 14.0. The summed E-state index contributed by atoms with van der Waals surface area (Å²) in [5.74, 6) is 1.47. The molecule has 7 nitrogen and oxygen atoms in total. The zero-order chi connectivity index (χ0) is 14.4. The second-order valence-electron chi connectivity index (χ2n) is 3.78. The Balaban J connectivity index is 2.48. The van der Waals surface area contributed by atoms with Crippen molar-refractivity contribution in [3.63, 3.8) is 0 Å². The molecule has 0 aliphatic carbocycles. The van der Waals surface area contributed by atoms with Gasteiger partial charge in [-0.1, -0.05) is 0 Å². The molecule has 0 atom stereocenters. The van der Waals surface area contributed by atoms with Crippen molar-refractivity contribution in [2.24, 2.45) is 0 Å². The van der Waals surface area contributed by atoms with Crippen LogP contribution < -0.4 is 14.8 Å². The van der Waals surface area contributed by atoms with Crippen LogP contribution in [0.15, 0.2) is 18.3 Å². The molecule has 2 heterocycles. The van der Waals surface area contributed by atoms with E-state index in [-0.39, 0.29) is 6.01 Å². The standard InChI is InChI=1S/C13H17N5O2/c1-4-14-12-16-11(17-13(18-12)20-5-2)10-9(19-3)7-6-8-15-10/h6-8H,4-5H2,1-3H3,(H,14,16,17,18). The van der Waals surface area contributed by atoms with Crippen LogP contribution in [0.5, 0.6) is 11.8 Å². The van der Waals surface area contributed by atoms with Gasteiger partial charge in [-0.2, -0.15) is 15.0 Å². The summed E-state index contributed by atoms with van der Waals surface area (Å²) in [5.41, 5.74) is 0.553. The molecule has 2 aromatic rings. The monoisotopic (exact) mass is 275 g/mol. The number of hydrogen-bond acceptors (Lipinski definition) is 7. The van der Waals surface area contributed by atoms with E-state index in [0.29, 0.717) is 36.4 Å². The molecule has 2 aromatic heterocycles. The van der Waals surface area contributed by atoms with Gasteiger partial charge in [0.05, 0.1) is 13.7 Å². The molecular formula is C13H17N5O2. The highest BCUT2D eigenvalue weighted by Gasteiger charge is 2.14. The minimum absolute atomic E-state index is 0.265. The van der Waals surface area contributed by atoms with Crippen molar-refractivity contribution in [3.05, 3.63) is 18.3 Å². The molecule has 0 bridgehead atoms. The first-order valence-electron chi connectivity index (χ1n) is 6.40. The minimum Gasteiger partial charge on any atom is -0.494 e. The Bertz CT molecular complexity index is 552. The molecule has 0 unspecified atom stereocenters. The third-order valence-corrected chi connectivity index (χ3v) is 2.43. The van der Waals surface area contributed by atoms with Gasteiger partial charge in [0.15, 0.2) is 5.82 Å². The van der Waals surface area contributed by atoms with E-state index in [2.05, 4.69) is 25.3 Å². The van der Waals surface area contributed by atoms with Crippen LogP contribution in [0.4, 0.5) is 5.95 Å². The lowest BCUT2D eigenvalue weighted by atomic mass is 10.3. The normalized spacial score (nSPS) is 10.2. The summed E-state index contributed by atoms with van der Waals surface area (Å²) in [6.45, 7) is 5.02. The fourth-order valence-corrected chi connectivity index (χ4v) is 1.62. The van der Waals surface area contributed by atoms with E-state index in [0.717, 1.165) is 0 Å². The summed E-state index contributed by atoms with van der Waals surface area (Å²) in [6, 6.07) is 3.86. The fourth-order valence-electron chi connectivity index (χ4n) is 1.62. The summed E-state index contributed by atoms with van der Waals surface area (Å²) < 4.78 is 10.6. The van der Waals surface area contributed by atoms with Crippen LogP contribution in [0.3, 0.4) is 0 Å². The highest BCUT2D eigenvalue weighted by Crippen LogP contribution is 2.25. The van der Waals surface area contributed by atoms with E-state index in [4.69, 9.17) is 9.47 Å². The number of aromatic nitrogens is 4. The molecule has 0 spiro atoms. The van der Waals surface area contributed by atoms with E-state index in [1.54, 1.807) is 25.4 Å². The van der Waals surface area contributed by atoms with Crippen LogP contribution >= 0.6 is 0 Å². The Labute approximate surface area is 117 Å². The molecule has 0 fully saturated rings. The van der Waals surface area contributed by atoms with Crippen molar-refractivity contribution >= 4 is 5.95 Å². The molecule has 20 heavy (non-hydrogen) atoms. The number of methoxy groups -OCH3 is 1. The Hall–Kier alpha value is -2.44. The number of nitrogens with zero attached hydrogens (tertiary/aromatic N) is 4. The van der Waals surface area contributed by atoms with Crippen LogP contribution in [0.1, 0.15) is 13.8 Å². The van der Waals surface area contributed by atoms with Gasteiger partial charge in [-0.25, -0.2) is 4.98 Å². The van der Waals surface area contributed by atoms with Gasteiger partial charge < -0.3 is 14.8 Å². The van der Waals surface area contributed by atoms with Gasteiger partial charge >= 0.3 is 6.01 Å². The molecule has 0 amide bonds. The summed E-state index contributed by atoms with van der Waals surface area (Å²) >= 11 is 0. The smallest absolute Gasteiger partial charge is 0.321 e. The molecular weight excluding hydrogens is 258 g/mol. The Kier molecular flexibility index (Phi) is 4.65. The summed E-state index contributed by atoms with van der Waals surface area (Å²) in [7, 11) is 1.58. The largest absolute Gasteiger partial charge is 0.494 e. The molecule has 0 saturated carbocycles. The molecule has 0 saturated heterocycles. The highest BCUT2D eigenvalue weighted by atomic mass is 16.5. The summed E-state index contributed by atoms with van der Waals surface area (Å²) in [6.07, 6.45) is 1.66. The molecule has 7 heteroatoms. The lowest BCUT2D eigenvalue weighted by Crippen LogP contribution is -2.08. The molecule has 0 radical (unpaired) electrons. The number of hydrogen-bond donors (Lipinski definition) is 1. The number of rotatable bonds is 6. The van der Waals surface area contributed by atoms with Gasteiger partial charge in [-0.15, -0.1) is 0 Å². The number of ether oxygens (including phenoxy) is 2. The predicted octanol–water partition coefficient (Wildman–Crippen LogP) is 1.77. The predicted molar refractivity (Wildman–Crippen MR) is 74.9 cm³/mol. The van der Waals surface area contributed by atoms with E-state index in [1.165, 1.54) is 0 Å². The first-order chi connectivity index (χ1) is 9.78. The maximum Gasteiger partial charge on any atom is 0.321 e. The van der Waals surface area contributed by atoms with Gasteiger partial charge in [-0.05, 0) is 26.0 Å². The van der Waals surface area contributed by atoms with E-state index in [9.17, 15) is 0 Å². The number of nitrogens with one attached hydrogen (secondary N) is 1. The van der Waals surface area contributed by atoms with Gasteiger partial charge in [0.25, 0.3) is 0 Å². The number of pyridine rings is 1. The van der Waals surface area contributed by atoms with Gasteiger partial charge in [0.1, 0.15) is 11.4 Å². The third-order valence-electron chi connectivity index (χ3n) is 2.43. The fraction of sp³-hybridized carbons (Fsp3) is 0.385. The Morgan fingerprint density at radius 3 is 2.75 bits per heavy atom. The van der Waals surface area contributed by atoms with Crippen LogP contribution in [-0.4, -0.2) is 40.2 Å². The minimum atomic E-state index is 0.265. The zero-order valence-corrected chi connectivity index (χ0v) is 11.8. The number of anilines is 1. The van der Waals surface area contributed by atoms with Crippen LogP contribution in [0.2, 0.25) is 0 Å². The Morgan fingerprint density at radius 2 is 2.05 bits per heavy atom. The van der Waals surface area contributed by atoms with E-state index < -0.39 is 0 Å². The first-order valence-corrected chi connectivity index (χ1v) is 6.40. The average Bonchev–Trinajstić information content (AvgIpc) is 2.47.